The van der Waals surface area contributed by atoms with Gasteiger partial charge in [-0.1, -0.05) is 5.16 Å². The maximum atomic E-state index is 13.0. The topological polar surface area (TPSA) is 78.9 Å². The van der Waals surface area contributed by atoms with Crippen LogP contribution >= 0.6 is 0 Å². The predicted octanol–water partition coefficient (Wildman–Crippen LogP) is 3.81. The second-order valence-electron chi connectivity index (χ2n) is 5.72. The molecule has 0 atom stereocenters. The van der Waals surface area contributed by atoms with E-state index in [4.69, 9.17) is 9.26 Å². The van der Waals surface area contributed by atoms with Crippen LogP contribution in [0.5, 0.6) is 5.88 Å². The number of alkyl halides is 3. The minimum absolute atomic E-state index is 0.0799. The molecule has 0 aliphatic heterocycles. The van der Waals surface area contributed by atoms with Crippen molar-refractivity contribution in [2.24, 2.45) is 0 Å². The summed E-state index contributed by atoms with van der Waals surface area (Å²) in [6.45, 7) is 1.71. The highest BCUT2D eigenvalue weighted by atomic mass is 19.4. The smallest absolute Gasteiger partial charge is 0.417 e. The lowest BCUT2D eigenvalue weighted by atomic mass is 10.2. The van der Waals surface area contributed by atoms with Crippen molar-refractivity contribution in [2.75, 3.05) is 7.11 Å². The van der Waals surface area contributed by atoms with Crippen LogP contribution in [-0.2, 0) is 6.18 Å². The molecule has 138 valence electrons. The number of aryl methyl sites for hydroxylation is 1. The molecule has 0 fully saturated rings. The minimum Gasteiger partial charge on any atom is -0.481 e. The molecule has 4 aromatic rings. The van der Waals surface area contributed by atoms with Gasteiger partial charge in [0.15, 0.2) is 11.5 Å². The van der Waals surface area contributed by atoms with Crippen molar-refractivity contribution >= 4 is 11.2 Å². The van der Waals surface area contributed by atoms with E-state index in [0.29, 0.717) is 28.8 Å². The fourth-order valence-electron chi connectivity index (χ4n) is 2.63. The highest BCUT2D eigenvalue weighted by Gasteiger charge is 2.32. The summed E-state index contributed by atoms with van der Waals surface area (Å²) in [7, 11) is 1.48. The number of imidazole rings is 1. The molecule has 10 heteroatoms. The van der Waals surface area contributed by atoms with Gasteiger partial charge in [-0.25, -0.2) is 15.0 Å². The van der Waals surface area contributed by atoms with Crippen LogP contribution < -0.4 is 4.74 Å². The molecule has 4 heterocycles. The Kier molecular flexibility index (Phi) is 3.83. The first-order valence-electron chi connectivity index (χ1n) is 7.76. The average molecular weight is 375 g/mol. The molecule has 0 saturated carbocycles. The molecule has 0 spiro atoms. The summed E-state index contributed by atoms with van der Waals surface area (Å²) in [5, 5.41) is 3.92. The zero-order chi connectivity index (χ0) is 19.2. The maximum absolute atomic E-state index is 13.0. The van der Waals surface area contributed by atoms with Gasteiger partial charge < -0.3 is 9.26 Å². The van der Waals surface area contributed by atoms with Crippen molar-refractivity contribution in [1.29, 1.82) is 0 Å². The normalized spacial score (nSPS) is 11.9. The van der Waals surface area contributed by atoms with E-state index in [0.717, 1.165) is 12.3 Å². The predicted molar refractivity (Wildman–Crippen MR) is 88.4 cm³/mol. The van der Waals surface area contributed by atoms with E-state index in [-0.39, 0.29) is 11.2 Å². The molecule has 0 radical (unpaired) electrons. The van der Waals surface area contributed by atoms with Crippen LogP contribution in [0.15, 0.2) is 41.2 Å². The summed E-state index contributed by atoms with van der Waals surface area (Å²) < 4.78 is 50.8. The molecular weight excluding hydrogens is 363 g/mol. The molecule has 7 nitrogen and oxygen atoms in total. The van der Waals surface area contributed by atoms with Gasteiger partial charge >= 0.3 is 6.18 Å². The third-order valence-electron chi connectivity index (χ3n) is 3.87. The number of hydrogen-bond acceptors (Lipinski definition) is 6. The maximum Gasteiger partial charge on any atom is 0.417 e. The Morgan fingerprint density at radius 1 is 1.11 bits per heavy atom. The number of halogens is 3. The molecule has 0 unspecified atom stereocenters. The molecule has 27 heavy (non-hydrogen) atoms. The molecule has 4 rings (SSSR count). The Morgan fingerprint density at radius 2 is 1.93 bits per heavy atom. The fraction of sp³-hybridized carbons (Fsp3) is 0.176. The summed E-state index contributed by atoms with van der Waals surface area (Å²) in [5.74, 6) is 1.23. The van der Waals surface area contributed by atoms with Crippen molar-refractivity contribution < 1.29 is 22.4 Å². The average Bonchev–Trinajstić information content (AvgIpc) is 3.23. The van der Waals surface area contributed by atoms with Gasteiger partial charge in [0.25, 0.3) is 0 Å². The zero-order valence-corrected chi connectivity index (χ0v) is 14.2. The third-order valence-corrected chi connectivity index (χ3v) is 3.87. The first-order chi connectivity index (χ1) is 12.9. The third kappa shape index (κ3) is 2.98. The molecule has 0 aliphatic carbocycles. The van der Waals surface area contributed by atoms with Gasteiger partial charge in [-0.15, -0.1) is 0 Å². The molecule has 0 amide bonds. The van der Waals surface area contributed by atoms with Crippen LogP contribution in [0.4, 0.5) is 13.2 Å². The van der Waals surface area contributed by atoms with Crippen LogP contribution in [0.2, 0.25) is 0 Å². The van der Waals surface area contributed by atoms with Crippen LogP contribution in [0.25, 0.3) is 28.4 Å². The van der Waals surface area contributed by atoms with Gasteiger partial charge in [-0.3, -0.25) is 4.57 Å². The summed E-state index contributed by atoms with van der Waals surface area (Å²) in [6, 6.07) is 5.91. The number of fused-ring (bicyclic) bond motifs is 1. The number of aromatic nitrogens is 5. The van der Waals surface area contributed by atoms with Crippen LogP contribution in [0.3, 0.4) is 0 Å². The number of pyridine rings is 2. The summed E-state index contributed by atoms with van der Waals surface area (Å²) in [6.07, 6.45) is -2.23. The van der Waals surface area contributed by atoms with Gasteiger partial charge in [0, 0.05) is 18.3 Å². The van der Waals surface area contributed by atoms with E-state index in [1.807, 2.05) is 0 Å². The van der Waals surface area contributed by atoms with Crippen molar-refractivity contribution in [3.05, 3.63) is 48.0 Å². The van der Waals surface area contributed by atoms with E-state index in [1.54, 1.807) is 29.7 Å². The molecule has 0 saturated heterocycles. The minimum atomic E-state index is -4.52. The molecule has 0 aliphatic rings. The van der Waals surface area contributed by atoms with Gasteiger partial charge in [0.2, 0.25) is 5.88 Å². The van der Waals surface area contributed by atoms with Crippen molar-refractivity contribution in [1.82, 2.24) is 24.7 Å². The molecular formula is C17H12F3N5O2. The SMILES string of the molecule is COc1ccc(-n2c(-c3cc(C)on3)nc3cc(C(F)(F)F)cnc32)cn1. The quantitative estimate of drug-likeness (QED) is 0.542. The van der Waals surface area contributed by atoms with Crippen LogP contribution in [-0.4, -0.2) is 31.8 Å². The van der Waals surface area contributed by atoms with Crippen molar-refractivity contribution in [3.63, 3.8) is 0 Å². The highest BCUT2D eigenvalue weighted by molar-refractivity contribution is 5.79. The zero-order valence-electron chi connectivity index (χ0n) is 14.2. The van der Waals surface area contributed by atoms with E-state index < -0.39 is 11.7 Å². The second kappa shape index (κ2) is 6.08. The fourth-order valence-corrected chi connectivity index (χ4v) is 2.63. The Bertz CT molecular complexity index is 1120. The lowest BCUT2D eigenvalue weighted by molar-refractivity contribution is -0.137. The summed E-state index contributed by atoms with van der Waals surface area (Å²) >= 11 is 0. The second-order valence-corrected chi connectivity index (χ2v) is 5.72. The van der Waals surface area contributed by atoms with E-state index in [1.165, 1.54) is 13.3 Å². The van der Waals surface area contributed by atoms with Crippen molar-refractivity contribution in [2.45, 2.75) is 13.1 Å². The standard InChI is InChI=1S/C17H12F3N5O2/c1-9-5-13(24-27-9)16-23-12-6-10(17(18,19)20)7-22-15(12)25(16)11-3-4-14(26-2)21-8-11/h3-8H,1-2H3. The first-order valence-corrected chi connectivity index (χ1v) is 7.76. The van der Waals surface area contributed by atoms with Crippen molar-refractivity contribution in [3.8, 4) is 23.1 Å². The largest absolute Gasteiger partial charge is 0.481 e. The lowest BCUT2D eigenvalue weighted by Gasteiger charge is -2.08. The Balaban J connectivity index is 1.98. The van der Waals surface area contributed by atoms with E-state index >= 15 is 0 Å². The number of methoxy groups -OCH3 is 1. The molecule has 0 bridgehead atoms. The van der Waals surface area contributed by atoms with E-state index in [2.05, 4.69) is 20.1 Å². The van der Waals surface area contributed by atoms with Crippen LogP contribution in [0, 0.1) is 6.92 Å². The monoisotopic (exact) mass is 375 g/mol. The number of ether oxygens (including phenoxy) is 1. The number of rotatable bonds is 3. The summed E-state index contributed by atoms with van der Waals surface area (Å²) in [5.41, 5.74) is 0.355. The van der Waals surface area contributed by atoms with Gasteiger partial charge in [-0.2, -0.15) is 13.2 Å². The Labute approximate surface area is 150 Å². The lowest BCUT2D eigenvalue weighted by Crippen LogP contribution is -2.06. The van der Waals surface area contributed by atoms with Gasteiger partial charge in [0.1, 0.15) is 17.0 Å². The number of nitrogens with zero attached hydrogens (tertiary/aromatic N) is 5. The highest BCUT2D eigenvalue weighted by Crippen LogP contribution is 2.33. The molecule has 0 N–H and O–H groups in total. The first kappa shape index (κ1) is 17.0. The Morgan fingerprint density at radius 3 is 2.52 bits per heavy atom. The Hall–Kier alpha value is -3.43. The van der Waals surface area contributed by atoms with Crippen LogP contribution in [0.1, 0.15) is 11.3 Å². The number of hydrogen-bond donors (Lipinski definition) is 0. The van der Waals surface area contributed by atoms with Gasteiger partial charge in [0.05, 0.1) is 24.6 Å². The van der Waals surface area contributed by atoms with E-state index in [9.17, 15) is 13.2 Å². The molecule has 0 aromatic carbocycles. The molecule has 4 aromatic heterocycles. The summed E-state index contributed by atoms with van der Waals surface area (Å²) in [4.78, 5) is 12.4. The van der Waals surface area contributed by atoms with Gasteiger partial charge in [-0.05, 0) is 19.1 Å².